The highest BCUT2D eigenvalue weighted by atomic mass is 16.6. The van der Waals surface area contributed by atoms with Crippen LogP contribution in [0.4, 0.5) is 22.7 Å². The maximum absolute atomic E-state index is 10.8. The van der Waals surface area contributed by atoms with Crippen LogP contribution in [-0.4, -0.2) is 43.4 Å². The predicted octanol–water partition coefficient (Wildman–Crippen LogP) is 7.33. The number of azo groups is 1. The number of anilines is 1. The summed E-state index contributed by atoms with van der Waals surface area (Å²) in [4.78, 5) is 12.7. The lowest BCUT2D eigenvalue weighted by Gasteiger charge is -2.25. The zero-order valence-electron chi connectivity index (χ0n) is 21.3. The SMILES string of the molecule is CC(C)OCCN(CCOC(C)C)c1ccc(N=Nc2ccc(-c3ccc([N+](=O)[O-])cc3)cc2)cc1. The smallest absolute Gasteiger partial charge is 0.269 e. The molecule has 0 spiro atoms. The van der Waals surface area contributed by atoms with Gasteiger partial charge in [-0.2, -0.15) is 10.2 Å². The monoisotopic (exact) mass is 490 g/mol. The van der Waals surface area contributed by atoms with E-state index in [4.69, 9.17) is 9.47 Å². The molecule has 3 rings (SSSR count). The predicted molar refractivity (Wildman–Crippen MR) is 144 cm³/mol. The van der Waals surface area contributed by atoms with E-state index in [9.17, 15) is 10.1 Å². The molecule has 190 valence electrons. The highest BCUT2D eigenvalue weighted by molar-refractivity contribution is 5.66. The van der Waals surface area contributed by atoms with Crippen LogP contribution in [0.15, 0.2) is 83.0 Å². The second-order valence-electron chi connectivity index (χ2n) is 8.89. The minimum Gasteiger partial charge on any atom is -0.377 e. The molecule has 0 atom stereocenters. The van der Waals surface area contributed by atoms with E-state index in [2.05, 4.69) is 15.1 Å². The molecule has 0 N–H and O–H groups in total. The topological polar surface area (TPSA) is 89.6 Å². The van der Waals surface area contributed by atoms with Gasteiger partial charge < -0.3 is 14.4 Å². The number of benzene rings is 3. The van der Waals surface area contributed by atoms with E-state index >= 15 is 0 Å². The molecule has 0 aliphatic heterocycles. The molecule has 0 aliphatic rings. The van der Waals surface area contributed by atoms with Crippen molar-refractivity contribution in [2.45, 2.75) is 39.9 Å². The van der Waals surface area contributed by atoms with Crippen molar-refractivity contribution in [3.05, 3.63) is 82.9 Å². The second-order valence-corrected chi connectivity index (χ2v) is 8.89. The Hall–Kier alpha value is -3.62. The average molecular weight is 491 g/mol. The van der Waals surface area contributed by atoms with Crippen LogP contribution in [0.1, 0.15) is 27.7 Å². The van der Waals surface area contributed by atoms with Gasteiger partial charge in [0.05, 0.1) is 41.7 Å². The molecule has 0 heterocycles. The van der Waals surface area contributed by atoms with E-state index in [1.807, 2.05) is 76.2 Å². The number of hydrogen-bond donors (Lipinski definition) is 0. The van der Waals surface area contributed by atoms with Crippen LogP contribution < -0.4 is 4.90 Å². The lowest BCUT2D eigenvalue weighted by atomic mass is 10.1. The van der Waals surface area contributed by atoms with E-state index in [1.54, 1.807) is 12.1 Å². The van der Waals surface area contributed by atoms with Crippen LogP contribution in [0.2, 0.25) is 0 Å². The Labute approximate surface area is 212 Å². The summed E-state index contributed by atoms with van der Waals surface area (Å²) in [5.41, 5.74) is 4.50. The molecule has 0 saturated carbocycles. The lowest BCUT2D eigenvalue weighted by Crippen LogP contribution is -2.32. The number of rotatable bonds is 13. The van der Waals surface area contributed by atoms with Gasteiger partial charge in [-0.15, -0.1) is 0 Å². The minimum atomic E-state index is -0.403. The second kappa shape index (κ2) is 13.5. The normalized spacial score (nSPS) is 11.5. The number of hydrogen-bond acceptors (Lipinski definition) is 7. The van der Waals surface area contributed by atoms with Gasteiger partial charge in [-0.25, -0.2) is 0 Å². The summed E-state index contributed by atoms with van der Waals surface area (Å²) in [6.07, 6.45) is 0.398. The molecular formula is C28H34N4O4. The van der Waals surface area contributed by atoms with E-state index in [-0.39, 0.29) is 17.9 Å². The third-order valence-electron chi connectivity index (χ3n) is 5.40. The molecular weight excluding hydrogens is 456 g/mol. The molecule has 0 unspecified atom stereocenters. The number of nitro groups is 1. The van der Waals surface area contributed by atoms with Crippen molar-refractivity contribution in [1.29, 1.82) is 0 Å². The first-order valence-corrected chi connectivity index (χ1v) is 12.2. The van der Waals surface area contributed by atoms with Crippen molar-refractivity contribution < 1.29 is 14.4 Å². The first kappa shape index (κ1) is 27.0. The maximum Gasteiger partial charge on any atom is 0.269 e. The van der Waals surface area contributed by atoms with Gasteiger partial charge in [0.15, 0.2) is 0 Å². The highest BCUT2D eigenvalue weighted by Crippen LogP contribution is 2.26. The van der Waals surface area contributed by atoms with Gasteiger partial charge in [0, 0.05) is 30.9 Å². The molecule has 8 heteroatoms. The standard InChI is InChI=1S/C28H34N4O4/c1-21(2)35-19-17-31(18-20-36-22(3)4)27-15-11-26(12-16-27)30-29-25-9-5-23(6-10-25)24-7-13-28(14-8-24)32(33)34/h5-16,21-22H,17-20H2,1-4H3. The lowest BCUT2D eigenvalue weighted by molar-refractivity contribution is -0.384. The molecule has 0 aromatic heterocycles. The fourth-order valence-electron chi connectivity index (χ4n) is 3.51. The summed E-state index contributed by atoms with van der Waals surface area (Å²) in [6.45, 7) is 11.0. The van der Waals surface area contributed by atoms with E-state index in [0.29, 0.717) is 13.2 Å². The number of non-ortho nitro benzene ring substituents is 1. The Kier molecular flexibility index (Phi) is 10.1. The van der Waals surface area contributed by atoms with Crippen LogP contribution >= 0.6 is 0 Å². The summed E-state index contributed by atoms with van der Waals surface area (Å²) in [6, 6.07) is 22.1. The molecule has 0 aliphatic carbocycles. The Morgan fingerprint density at radius 2 is 1.14 bits per heavy atom. The number of nitro benzene ring substituents is 1. The molecule has 0 radical (unpaired) electrons. The van der Waals surface area contributed by atoms with Crippen molar-refractivity contribution >= 4 is 22.7 Å². The summed E-state index contributed by atoms with van der Waals surface area (Å²) < 4.78 is 11.5. The Bertz CT molecular complexity index is 1100. The average Bonchev–Trinajstić information content (AvgIpc) is 2.87. The minimum absolute atomic E-state index is 0.0751. The Morgan fingerprint density at radius 1 is 0.722 bits per heavy atom. The summed E-state index contributed by atoms with van der Waals surface area (Å²) in [5, 5.41) is 19.5. The van der Waals surface area contributed by atoms with Gasteiger partial charge in [0.2, 0.25) is 0 Å². The van der Waals surface area contributed by atoms with Crippen molar-refractivity contribution in [3.8, 4) is 11.1 Å². The zero-order chi connectivity index (χ0) is 25.9. The van der Waals surface area contributed by atoms with Crippen molar-refractivity contribution in [2.24, 2.45) is 10.2 Å². The quantitative estimate of drug-likeness (QED) is 0.142. The number of nitrogens with zero attached hydrogens (tertiary/aromatic N) is 4. The molecule has 0 fully saturated rings. The number of ether oxygens (including phenoxy) is 2. The maximum atomic E-state index is 10.8. The van der Waals surface area contributed by atoms with E-state index in [1.165, 1.54) is 12.1 Å². The largest absolute Gasteiger partial charge is 0.377 e. The summed E-state index contributed by atoms with van der Waals surface area (Å²) >= 11 is 0. The highest BCUT2D eigenvalue weighted by Gasteiger charge is 2.09. The van der Waals surface area contributed by atoms with Crippen LogP contribution in [0.5, 0.6) is 0 Å². The van der Waals surface area contributed by atoms with Gasteiger partial charge in [-0.3, -0.25) is 10.1 Å². The molecule has 8 nitrogen and oxygen atoms in total. The van der Waals surface area contributed by atoms with Gasteiger partial charge in [0.25, 0.3) is 5.69 Å². The van der Waals surface area contributed by atoms with E-state index < -0.39 is 4.92 Å². The van der Waals surface area contributed by atoms with Gasteiger partial charge >= 0.3 is 0 Å². The molecule has 0 saturated heterocycles. The summed E-state index contributed by atoms with van der Waals surface area (Å²) in [5.74, 6) is 0. The van der Waals surface area contributed by atoms with Crippen LogP contribution in [0.3, 0.4) is 0 Å². The Balaban J connectivity index is 1.62. The van der Waals surface area contributed by atoms with Gasteiger partial charge in [0.1, 0.15) is 0 Å². The van der Waals surface area contributed by atoms with Crippen molar-refractivity contribution in [2.75, 3.05) is 31.2 Å². The first-order chi connectivity index (χ1) is 17.3. The van der Waals surface area contributed by atoms with Crippen molar-refractivity contribution in [3.63, 3.8) is 0 Å². The molecule has 0 bridgehead atoms. The van der Waals surface area contributed by atoms with Crippen LogP contribution in [0, 0.1) is 10.1 Å². The fourth-order valence-corrected chi connectivity index (χ4v) is 3.51. The third kappa shape index (κ3) is 8.55. The van der Waals surface area contributed by atoms with Crippen molar-refractivity contribution in [1.82, 2.24) is 0 Å². The third-order valence-corrected chi connectivity index (χ3v) is 5.40. The van der Waals surface area contributed by atoms with Crippen LogP contribution in [-0.2, 0) is 9.47 Å². The molecule has 3 aromatic carbocycles. The zero-order valence-corrected chi connectivity index (χ0v) is 21.3. The molecule has 3 aromatic rings. The first-order valence-electron chi connectivity index (χ1n) is 12.2. The van der Waals surface area contributed by atoms with Crippen LogP contribution in [0.25, 0.3) is 11.1 Å². The van der Waals surface area contributed by atoms with E-state index in [0.717, 1.165) is 41.3 Å². The van der Waals surface area contributed by atoms with Gasteiger partial charge in [-0.05, 0) is 87.4 Å². The molecule has 36 heavy (non-hydrogen) atoms. The summed E-state index contributed by atoms with van der Waals surface area (Å²) in [7, 11) is 0. The van der Waals surface area contributed by atoms with Gasteiger partial charge in [-0.1, -0.05) is 12.1 Å². The fraction of sp³-hybridized carbons (Fsp3) is 0.357. The Morgan fingerprint density at radius 3 is 1.56 bits per heavy atom. The molecule has 0 amide bonds.